The number of imide groups is 1. The number of benzene rings is 1. The van der Waals surface area contributed by atoms with Crippen molar-refractivity contribution in [2.75, 3.05) is 18.6 Å². The zero-order valence-corrected chi connectivity index (χ0v) is 22.1. The standard InChI is InChI=1S/C26H22ClFN6O3S/c1-32-22-14(11-31-32)10-30-12-19(22)34-24(35)23-18(33(25(34)36)13-26(3-4-26)5-6-29)9-21(38-23)15-7-20(37-2)17(28)8-16(15)27/h7-12,18,23H,3-5,13H2,1-2H3. The Balaban J connectivity index is 1.45. The zero-order valence-electron chi connectivity index (χ0n) is 20.5. The fourth-order valence-electron chi connectivity index (χ4n) is 5.21. The van der Waals surface area contributed by atoms with Crippen LogP contribution >= 0.6 is 23.4 Å². The number of aromatic nitrogens is 3. The molecule has 1 saturated carbocycles. The fraction of sp³-hybridized carbons (Fsp3) is 0.346. The number of amides is 3. The highest BCUT2D eigenvalue weighted by Crippen LogP contribution is 2.53. The minimum Gasteiger partial charge on any atom is -0.494 e. The molecule has 4 heterocycles. The quantitative estimate of drug-likeness (QED) is 0.434. The molecule has 0 radical (unpaired) electrons. The summed E-state index contributed by atoms with van der Waals surface area (Å²) in [6.45, 7) is 0.337. The number of fused-ring (bicyclic) bond motifs is 2. The van der Waals surface area contributed by atoms with Crippen LogP contribution < -0.4 is 9.64 Å². The van der Waals surface area contributed by atoms with Crippen molar-refractivity contribution in [3.05, 3.63) is 53.2 Å². The monoisotopic (exact) mass is 552 g/mol. The molecule has 3 aromatic rings. The fourth-order valence-corrected chi connectivity index (χ4v) is 6.88. The van der Waals surface area contributed by atoms with Crippen LogP contribution in [0.3, 0.4) is 0 Å². The second-order valence-electron chi connectivity index (χ2n) is 9.81. The molecule has 38 heavy (non-hydrogen) atoms. The Morgan fingerprint density at radius 1 is 1.29 bits per heavy atom. The third-order valence-electron chi connectivity index (χ3n) is 7.43. The number of ether oxygens (including phenoxy) is 1. The van der Waals surface area contributed by atoms with Crippen molar-refractivity contribution in [1.29, 1.82) is 5.26 Å². The van der Waals surface area contributed by atoms with Crippen LogP contribution in [-0.4, -0.2) is 56.5 Å². The number of urea groups is 1. The zero-order chi connectivity index (χ0) is 26.8. The van der Waals surface area contributed by atoms with Gasteiger partial charge in [0.25, 0.3) is 5.91 Å². The van der Waals surface area contributed by atoms with Crippen molar-refractivity contribution in [2.45, 2.75) is 30.6 Å². The number of nitrogens with zero attached hydrogens (tertiary/aromatic N) is 6. The molecule has 3 aliphatic rings. The summed E-state index contributed by atoms with van der Waals surface area (Å²) < 4.78 is 21.0. The van der Waals surface area contributed by atoms with E-state index in [1.807, 2.05) is 6.08 Å². The number of hydrogen-bond donors (Lipinski definition) is 0. The van der Waals surface area contributed by atoms with Gasteiger partial charge in [-0.15, -0.1) is 11.8 Å². The van der Waals surface area contributed by atoms with Gasteiger partial charge in [0, 0.05) is 47.5 Å². The average molecular weight is 553 g/mol. The van der Waals surface area contributed by atoms with Crippen molar-refractivity contribution in [2.24, 2.45) is 12.5 Å². The van der Waals surface area contributed by atoms with Gasteiger partial charge in [-0.05, 0) is 31.1 Å². The third-order valence-corrected chi connectivity index (χ3v) is 9.09. The van der Waals surface area contributed by atoms with Crippen LogP contribution in [0.5, 0.6) is 5.75 Å². The maximum atomic E-state index is 14.2. The third kappa shape index (κ3) is 3.82. The number of carbonyl (C=O) groups excluding carboxylic acids is 2. The van der Waals surface area contributed by atoms with Gasteiger partial charge in [0.1, 0.15) is 5.25 Å². The molecule has 2 atom stereocenters. The highest BCUT2D eigenvalue weighted by molar-refractivity contribution is 8.09. The summed E-state index contributed by atoms with van der Waals surface area (Å²) in [5, 5.41) is 13.9. The van der Waals surface area contributed by atoms with Crippen LogP contribution in [0.1, 0.15) is 24.8 Å². The number of halogens is 2. The Morgan fingerprint density at radius 2 is 2.08 bits per heavy atom. The number of pyridine rings is 1. The van der Waals surface area contributed by atoms with Crippen molar-refractivity contribution in [1.82, 2.24) is 19.7 Å². The van der Waals surface area contributed by atoms with Crippen LogP contribution in [0.15, 0.2) is 36.8 Å². The second kappa shape index (κ2) is 8.99. The van der Waals surface area contributed by atoms with E-state index in [0.717, 1.165) is 12.8 Å². The van der Waals surface area contributed by atoms with E-state index in [1.54, 1.807) is 29.0 Å². The van der Waals surface area contributed by atoms with Crippen molar-refractivity contribution >= 4 is 56.8 Å². The summed E-state index contributed by atoms with van der Waals surface area (Å²) in [6.07, 6.45) is 8.59. The normalized spacial score (nSPS) is 21.9. The number of aryl methyl sites for hydroxylation is 1. The van der Waals surface area contributed by atoms with Crippen LogP contribution in [0.25, 0.3) is 15.8 Å². The molecule has 6 rings (SSSR count). The predicted molar refractivity (Wildman–Crippen MR) is 141 cm³/mol. The minimum absolute atomic E-state index is 0.0292. The molecule has 1 aromatic carbocycles. The smallest absolute Gasteiger partial charge is 0.332 e. The summed E-state index contributed by atoms with van der Waals surface area (Å²) in [5.41, 5.74) is 1.18. The van der Waals surface area contributed by atoms with Gasteiger partial charge in [0.05, 0.1) is 47.8 Å². The van der Waals surface area contributed by atoms with E-state index in [2.05, 4.69) is 16.2 Å². The molecule has 9 nitrogen and oxygen atoms in total. The van der Waals surface area contributed by atoms with Crippen LogP contribution in [0.4, 0.5) is 14.9 Å². The summed E-state index contributed by atoms with van der Waals surface area (Å²) in [7, 11) is 3.11. The lowest BCUT2D eigenvalue weighted by Crippen LogP contribution is -2.63. The molecular formula is C26H22ClFN6O3S. The van der Waals surface area contributed by atoms with Crippen LogP contribution in [0, 0.1) is 22.6 Å². The van der Waals surface area contributed by atoms with Crippen molar-refractivity contribution in [3.63, 3.8) is 0 Å². The first-order chi connectivity index (χ1) is 18.3. The van der Waals surface area contributed by atoms with Crippen LogP contribution in [0.2, 0.25) is 5.02 Å². The second-order valence-corrected chi connectivity index (χ2v) is 11.4. The van der Waals surface area contributed by atoms with E-state index in [0.29, 0.717) is 40.0 Å². The Kier molecular flexibility index (Phi) is 5.85. The minimum atomic E-state index is -0.670. The molecule has 2 aromatic heterocycles. The van der Waals surface area contributed by atoms with E-state index in [-0.39, 0.29) is 16.2 Å². The first-order valence-electron chi connectivity index (χ1n) is 12.0. The maximum Gasteiger partial charge on any atom is 0.332 e. The van der Waals surface area contributed by atoms with Gasteiger partial charge < -0.3 is 9.64 Å². The number of nitriles is 1. The average Bonchev–Trinajstić information content (AvgIpc) is 3.32. The Morgan fingerprint density at radius 3 is 2.79 bits per heavy atom. The Hall–Kier alpha value is -3.62. The molecule has 12 heteroatoms. The predicted octanol–water partition coefficient (Wildman–Crippen LogP) is 4.76. The van der Waals surface area contributed by atoms with Gasteiger partial charge in [-0.1, -0.05) is 11.6 Å². The SMILES string of the molecule is COc1cc(C2=CC3C(S2)C(=O)N(c2cncc4cnn(C)c24)C(=O)N3CC2(CC#N)CC2)c(Cl)cc1F. The number of methoxy groups -OCH3 is 1. The summed E-state index contributed by atoms with van der Waals surface area (Å²) in [4.78, 5) is 35.8. The lowest BCUT2D eigenvalue weighted by molar-refractivity contribution is -0.119. The van der Waals surface area contributed by atoms with E-state index < -0.39 is 29.0 Å². The van der Waals surface area contributed by atoms with Gasteiger partial charge in [-0.25, -0.2) is 14.1 Å². The summed E-state index contributed by atoms with van der Waals surface area (Å²) in [5.74, 6) is -0.954. The van der Waals surface area contributed by atoms with Crippen LogP contribution in [-0.2, 0) is 11.8 Å². The molecule has 3 amide bonds. The molecule has 2 unspecified atom stereocenters. The molecular weight excluding hydrogens is 531 g/mol. The molecule has 194 valence electrons. The highest BCUT2D eigenvalue weighted by Gasteiger charge is 2.54. The van der Waals surface area contributed by atoms with Crippen molar-refractivity contribution in [3.8, 4) is 11.8 Å². The highest BCUT2D eigenvalue weighted by atomic mass is 35.5. The number of carbonyl (C=O) groups is 2. The first-order valence-corrected chi connectivity index (χ1v) is 13.2. The lowest BCUT2D eigenvalue weighted by Gasteiger charge is -2.42. The van der Waals surface area contributed by atoms with Gasteiger partial charge >= 0.3 is 6.03 Å². The summed E-state index contributed by atoms with van der Waals surface area (Å²) in [6, 6.07) is 3.89. The van der Waals surface area contributed by atoms with E-state index in [9.17, 15) is 19.2 Å². The first kappa shape index (κ1) is 24.7. The molecule has 0 N–H and O–H groups in total. The van der Waals surface area contributed by atoms with Gasteiger partial charge in [0.2, 0.25) is 0 Å². The van der Waals surface area contributed by atoms with Gasteiger partial charge in [-0.2, -0.15) is 10.4 Å². The lowest BCUT2D eigenvalue weighted by atomic mass is 9.98. The molecule has 0 bridgehead atoms. The number of anilines is 1. The van der Waals surface area contributed by atoms with E-state index in [4.69, 9.17) is 16.3 Å². The molecule has 2 aliphatic heterocycles. The Bertz CT molecular complexity index is 1580. The summed E-state index contributed by atoms with van der Waals surface area (Å²) >= 11 is 7.69. The molecule has 1 aliphatic carbocycles. The number of hydrogen-bond acceptors (Lipinski definition) is 7. The largest absolute Gasteiger partial charge is 0.494 e. The van der Waals surface area contributed by atoms with Crippen molar-refractivity contribution < 1.29 is 18.7 Å². The Labute approximate surface area is 226 Å². The molecule has 2 fully saturated rings. The maximum absolute atomic E-state index is 14.2. The van der Waals surface area contributed by atoms with Gasteiger partial charge in [-0.3, -0.25) is 14.5 Å². The van der Waals surface area contributed by atoms with E-state index in [1.165, 1.54) is 42.1 Å². The topological polar surface area (TPSA) is 104 Å². The molecule has 0 spiro atoms. The number of thioether (sulfide) groups is 1. The molecule has 1 saturated heterocycles. The van der Waals surface area contributed by atoms with E-state index >= 15 is 0 Å². The van der Waals surface area contributed by atoms with Gasteiger partial charge in [0.15, 0.2) is 11.6 Å². The number of rotatable bonds is 6.